The van der Waals surface area contributed by atoms with E-state index in [0.29, 0.717) is 22.4 Å². The number of nitrogens with one attached hydrogen (secondary N) is 2. The smallest absolute Gasteiger partial charge is 0.354 e. The minimum absolute atomic E-state index is 0.320. The molecule has 2 rings (SSSR count). The van der Waals surface area contributed by atoms with Crippen LogP contribution in [0.1, 0.15) is 21.7 Å². The van der Waals surface area contributed by atoms with E-state index >= 15 is 0 Å². The summed E-state index contributed by atoms with van der Waals surface area (Å²) in [6.45, 7) is 2.35. The number of esters is 1. The van der Waals surface area contributed by atoms with Crippen molar-refractivity contribution in [3.63, 3.8) is 0 Å². The van der Waals surface area contributed by atoms with Gasteiger partial charge in [-0.15, -0.1) is 0 Å². The van der Waals surface area contributed by atoms with E-state index in [9.17, 15) is 9.18 Å². The number of rotatable bonds is 4. The van der Waals surface area contributed by atoms with Gasteiger partial charge in [-0.1, -0.05) is 0 Å². The third-order valence-electron chi connectivity index (χ3n) is 2.89. The zero-order valence-corrected chi connectivity index (χ0v) is 12.7. The molecular formula is C14H14BrFN2O2. The number of carbonyl (C=O) groups excluding carboxylic acids is 1. The first-order valence-corrected chi connectivity index (χ1v) is 6.76. The van der Waals surface area contributed by atoms with Crippen molar-refractivity contribution in [1.29, 1.82) is 0 Å². The molecule has 0 radical (unpaired) electrons. The number of hydrogen-bond acceptors (Lipinski definition) is 3. The van der Waals surface area contributed by atoms with Crippen molar-refractivity contribution in [3.05, 3.63) is 51.5 Å². The number of aromatic nitrogens is 1. The molecule has 0 amide bonds. The lowest BCUT2D eigenvalue weighted by Gasteiger charge is -2.09. The monoisotopic (exact) mass is 340 g/mol. The summed E-state index contributed by atoms with van der Waals surface area (Å²) in [4.78, 5) is 14.2. The Hall–Kier alpha value is -1.82. The maximum atomic E-state index is 13.5. The molecule has 0 aliphatic rings. The van der Waals surface area contributed by atoms with Gasteiger partial charge in [-0.3, -0.25) is 0 Å². The van der Waals surface area contributed by atoms with Gasteiger partial charge >= 0.3 is 5.97 Å². The summed E-state index contributed by atoms with van der Waals surface area (Å²) in [6, 6.07) is 6.58. The number of anilines is 1. The zero-order valence-electron chi connectivity index (χ0n) is 11.1. The highest BCUT2D eigenvalue weighted by atomic mass is 79.9. The fraction of sp³-hybridized carbons (Fsp3) is 0.214. The van der Waals surface area contributed by atoms with Crippen LogP contribution in [0.4, 0.5) is 10.1 Å². The lowest BCUT2D eigenvalue weighted by molar-refractivity contribution is 0.0594. The molecule has 0 atom stereocenters. The predicted molar refractivity (Wildman–Crippen MR) is 78.3 cm³/mol. The molecule has 1 aromatic heterocycles. The highest BCUT2D eigenvalue weighted by Gasteiger charge is 2.09. The molecule has 2 N–H and O–H groups in total. The summed E-state index contributed by atoms with van der Waals surface area (Å²) >= 11 is 3.14. The minimum Gasteiger partial charge on any atom is -0.464 e. The van der Waals surface area contributed by atoms with Gasteiger partial charge in [0, 0.05) is 11.4 Å². The van der Waals surface area contributed by atoms with E-state index in [0.717, 1.165) is 11.3 Å². The fourth-order valence-corrected chi connectivity index (χ4v) is 2.26. The van der Waals surface area contributed by atoms with E-state index < -0.39 is 5.97 Å². The number of aryl methyl sites for hydroxylation is 1. The molecule has 2 aromatic rings. The van der Waals surface area contributed by atoms with Crippen molar-refractivity contribution in [3.8, 4) is 0 Å². The van der Waals surface area contributed by atoms with E-state index in [1.807, 2.05) is 6.92 Å². The van der Waals surface area contributed by atoms with Crippen LogP contribution in [0.25, 0.3) is 0 Å². The third-order valence-corrected chi connectivity index (χ3v) is 3.50. The van der Waals surface area contributed by atoms with Crippen LogP contribution in [-0.2, 0) is 11.3 Å². The molecule has 0 unspecified atom stereocenters. The Morgan fingerprint density at radius 1 is 1.45 bits per heavy atom. The number of methoxy groups -OCH3 is 1. The molecule has 1 heterocycles. The molecule has 0 spiro atoms. The summed E-state index contributed by atoms with van der Waals surface area (Å²) in [5.41, 5.74) is 2.84. The average Bonchev–Trinajstić information content (AvgIpc) is 2.89. The normalized spacial score (nSPS) is 10.4. The summed E-state index contributed by atoms with van der Waals surface area (Å²) in [7, 11) is 1.33. The fourth-order valence-electron chi connectivity index (χ4n) is 1.80. The number of ether oxygens (including phenoxy) is 1. The van der Waals surface area contributed by atoms with E-state index in [1.54, 1.807) is 18.2 Å². The van der Waals surface area contributed by atoms with Gasteiger partial charge in [0.25, 0.3) is 0 Å². The van der Waals surface area contributed by atoms with E-state index in [1.165, 1.54) is 13.2 Å². The SMILES string of the molecule is COC(=O)c1ccc(CNc2cc(F)c(Br)cc2C)[nH]1. The lowest BCUT2D eigenvalue weighted by Crippen LogP contribution is -2.04. The van der Waals surface area contributed by atoms with Crippen LogP contribution in [0.2, 0.25) is 0 Å². The molecule has 4 nitrogen and oxygen atoms in total. The van der Waals surface area contributed by atoms with Crippen LogP contribution in [0.3, 0.4) is 0 Å². The summed E-state index contributed by atoms with van der Waals surface area (Å²) in [5, 5.41) is 3.12. The molecule has 0 aliphatic carbocycles. The standard InChI is InChI=1S/C14H14BrFN2O2/c1-8-5-10(15)11(16)6-13(8)17-7-9-3-4-12(18-9)14(19)20-2/h3-6,17-18H,7H2,1-2H3. The number of hydrogen-bond donors (Lipinski definition) is 2. The quantitative estimate of drug-likeness (QED) is 0.835. The number of aromatic amines is 1. The number of benzene rings is 1. The topological polar surface area (TPSA) is 54.1 Å². The Balaban J connectivity index is 2.07. The zero-order chi connectivity index (χ0) is 14.7. The number of halogens is 2. The largest absolute Gasteiger partial charge is 0.464 e. The number of carbonyl (C=O) groups is 1. The third kappa shape index (κ3) is 3.19. The van der Waals surface area contributed by atoms with E-state index in [-0.39, 0.29) is 5.82 Å². The predicted octanol–water partition coefficient (Wildman–Crippen LogP) is 3.62. The highest BCUT2D eigenvalue weighted by Crippen LogP contribution is 2.24. The van der Waals surface area contributed by atoms with Gasteiger partial charge < -0.3 is 15.0 Å². The second kappa shape index (κ2) is 6.09. The Kier molecular flexibility index (Phi) is 4.44. The Morgan fingerprint density at radius 2 is 2.20 bits per heavy atom. The van der Waals surface area contributed by atoms with E-state index in [2.05, 4.69) is 31.0 Å². The van der Waals surface area contributed by atoms with Crippen LogP contribution >= 0.6 is 15.9 Å². The average molecular weight is 341 g/mol. The maximum Gasteiger partial charge on any atom is 0.354 e. The first-order valence-electron chi connectivity index (χ1n) is 5.97. The van der Waals surface area contributed by atoms with Gasteiger partial charge in [0.15, 0.2) is 0 Å². The molecule has 0 saturated carbocycles. The maximum absolute atomic E-state index is 13.5. The molecule has 20 heavy (non-hydrogen) atoms. The first-order chi connectivity index (χ1) is 9.51. The first kappa shape index (κ1) is 14.6. The van der Waals surface area contributed by atoms with Crippen molar-refractivity contribution in [1.82, 2.24) is 4.98 Å². The van der Waals surface area contributed by atoms with Crippen LogP contribution < -0.4 is 5.32 Å². The van der Waals surface area contributed by atoms with Crippen LogP contribution in [0.15, 0.2) is 28.7 Å². The summed E-state index contributed by atoms with van der Waals surface area (Å²) in [5.74, 6) is -0.734. The van der Waals surface area contributed by atoms with Crippen LogP contribution in [-0.4, -0.2) is 18.1 Å². The van der Waals surface area contributed by atoms with Crippen molar-refractivity contribution >= 4 is 27.6 Å². The summed E-state index contributed by atoms with van der Waals surface area (Å²) < 4.78 is 18.5. The van der Waals surface area contributed by atoms with Crippen molar-refractivity contribution in [2.45, 2.75) is 13.5 Å². The number of H-pyrrole nitrogens is 1. The lowest BCUT2D eigenvalue weighted by atomic mass is 10.2. The molecular weight excluding hydrogens is 327 g/mol. The van der Waals surface area contributed by atoms with Crippen LogP contribution in [0.5, 0.6) is 0 Å². The van der Waals surface area contributed by atoms with Gasteiger partial charge in [-0.25, -0.2) is 9.18 Å². The summed E-state index contributed by atoms with van der Waals surface area (Å²) in [6.07, 6.45) is 0. The van der Waals surface area contributed by atoms with Crippen LogP contribution in [0, 0.1) is 12.7 Å². The minimum atomic E-state index is -0.415. The van der Waals surface area contributed by atoms with Crippen molar-refractivity contribution in [2.75, 3.05) is 12.4 Å². The molecule has 0 aliphatic heterocycles. The van der Waals surface area contributed by atoms with Crippen molar-refractivity contribution < 1.29 is 13.9 Å². The Labute approximate surface area is 124 Å². The van der Waals surface area contributed by atoms with Crippen molar-refractivity contribution in [2.24, 2.45) is 0 Å². The highest BCUT2D eigenvalue weighted by molar-refractivity contribution is 9.10. The van der Waals surface area contributed by atoms with E-state index in [4.69, 9.17) is 0 Å². The molecule has 0 bridgehead atoms. The molecule has 6 heteroatoms. The molecule has 0 saturated heterocycles. The van der Waals surface area contributed by atoms with Gasteiger partial charge in [0.2, 0.25) is 0 Å². The Bertz CT molecular complexity index is 640. The van der Waals surface area contributed by atoms with Gasteiger partial charge in [0.1, 0.15) is 11.5 Å². The second-order valence-corrected chi connectivity index (χ2v) is 5.18. The Morgan fingerprint density at radius 3 is 2.90 bits per heavy atom. The molecule has 106 valence electrons. The van der Waals surface area contributed by atoms with Gasteiger partial charge in [-0.05, 0) is 52.7 Å². The van der Waals surface area contributed by atoms with Gasteiger partial charge in [-0.2, -0.15) is 0 Å². The molecule has 0 fully saturated rings. The van der Waals surface area contributed by atoms with Gasteiger partial charge in [0.05, 0.1) is 18.1 Å². The molecule has 1 aromatic carbocycles. The second-order valence-electron chi connectivity index (χ2n) is 4.32.